The van der Waals surface area contributed by atoms with Crippen LogP contribution in [0.1, 0.15) is 43.0 Å². The molecule has 106 valence electrons. The summed E-state index contributed by atoms with van der Waals surface area (Å²) in [5, 5.41) is 3.50. The highest BCUT2D eigenvalue weighted by molar-refractivity contribution is 7.91. The summed E-state index contributed by atoms with van der Waals surface area (Å²) in [6, 6.07) is 4.04. The molecule has 0 saturated carbocycles. The van der Waals surface area contributed by atoms with Crippen LogP contribution in [0.3, 0.4) is 0 Å². The van der Waals surface area contributed by atoms with Crippen molar-refractivity contribution in [3.8, 4) is 0 Å². The zero-order chi connectivity index (χ0) is 14.2. The standard InChI is InChI=1S/C15H23NO2S/c1-5-6-16-15-12(4)9-19(17,18)14-8-11(3)10(2)7-13(14)15/h7-8,12,15-16H,5-6,9H2,1-4H3. The lowest BCUT2D eigenvalue weighted by atomic mass is 9.92. The Hall–Kier alpha value is -0.870. The van der Waals surface area contributed by atoms with Crippen molar-refractivity contribution in [2.24, 2.45) is 5.92 Å². The number of nitrogens with one attached hydrogen (secondary N) is 1. The minimum atomic E-state index is -3.13. The van der Waals surface area contributed by atoms with Crippen LogP contribution in [0.5, 0.6) is 0 Å². The van der Waals surface area contributed by atoms with Gasteiger partial charge in [-0.1, -0.05) is 19.9 Å². The lowest BCUT2D eigenvalue weighted by Crippen LogP contribution is -2.36. The third-order valence-electron chi connectivity index (χ3n) is 3.96. The molecule has 2 rings (SSSR count). The van der Waals surface area contributed by atoms with Gasteiger partial charge in [-0.15, -0.1) is 0 Å². The topological polar surface area (TPSA) is 46.2 Å². The van der Waals surface area contributed by atoms with E-state index in [1.165, 1.54) is 0 Å². The van der Waals surface area contributed by atoms with Crippen molar-refractivity contribution in [3.05, 3.63) is 28.8 Å². The molecule has 19 heavy (non-hydrogen) atoms. The van der Waals surface area contributed by atoms with E-state index in [9.17, 15) is 8.42 Å². The SMILES string of the molecule is CCCNC1c2cc(C)c(C)cc2S(=O)(=O)CC1C. The first-order valence-electron chi connectivity index (χ1n) is 6.94. The van der Waals surface area contributed by atoms with Crippen molar-refractivity contribution < 1.29 is 8.42 Å². The molecule has 4 heteroatoms. The van der Waals surface area contributed by atoms with E-state index in [-0.39, 0.29) is 17.7 Å². The molecule has 0 saturated heterocycles. The van der Waals surface area contributed by atoms with E-state index in [1.807, 2.05) is 32.9 Å². The van der Waals surface area contributed by atoms with Gasteiger partial charge in [-0.05, 0) is 55.5 Å². The Kier molecular flexibility index (Phi) is 4.02. The predicted octanol–water partition coefficient (Wildman–Crippen LogP) is 2.77. The normalized spacial score (nSPS) is 25.1. The number of sulfone groups is 1. The quantitative estimate of drug-likeness (QED) is 0.926. The molecule has 1 aliphatic rings. The summed E-state index contributed by atoms with van der Waals surface area (Å²) in [7, 11) is -3.13. The maximum absolute atomic E-state index is 12.3. The van der Waals surface area contributed by atoms with Crippen molar-refractivity contribution in [1.29, 1.82) is 0 Å². The average molecular weight is 281 g/mol. The minimum absolute atomic E-state index is 0.117. The van der Waals surface area contributed by atoms with Gasteiger partial charge in [0.25, 0.3) is 0 Å². The second-order valence-corrected chi connectivity index (χ2v) is 7.67. The fourth-order valence-electron chi connectivity index (χ4n) is 2.77. The van der Waals surface area contributed by atoms with Crippen LogP contribution < -0.4 is 5.32 Å². The summed E-state index contributed by atoms with van der Waals surface area (Å²) < 4.78 is 24.7. The molecule has 1 heterocycles. The molecule has 2 atom stereocenters. The Morgan fingerprint density at radius 3 is 2.53 bits per heavy atom. The molecule has 1 aromatic carbocycles. The number of aryl methyl sites for hydroxylation is 2. The van der Waals surface area contributed by atoms with Gasteiger partial charge >= 0.3 is 0 Å². The average Bonchev–Trinajstić information content (AvgIpc) is 2.31. The monoisotopic (exact) mass is 281 g/mol. The molecular weight excluding hydrogens is 258 g/mol. The van der Waals surface area contributed by atoms with Crippen LogP contribution in [-0.2, 0) is 9.84 Å². The molecule has 1 N–H and O–H groups in total. The van der Waals surface area contributed by atoms with Gasteiger partial charge in [0.1, 0.15) is 0 Å². The van der Waals surface area contributed by atoms with Crippen LogP contribution in [0.25, 0.3) is 0 Å². The summed E-state index contributed by atoms with van der Waals surface area (Å²) in [4.78, 5) is 0.530. The maximum Gasteiger partial charge on any atom is 0.179 e. The van der Waals surface area contributed by atoms with E-state index < -0.39 is 9.84 Å². The molecule has 0 radical (unpaired) electrons. The Balaban J connectivity index is 2.55. The predicted molar refractivity (Wildman–Crippen MR) is 78.2 cm³/mol. The number of hydrogen-bond donors (Lipinski definition) is 1. The van der Waals surface area contributed by atoms with Crippen LogP contribution in [0, 0.1) is 19.8 Å². The zero-order valence-electron chi connectivity index (χ0n) is 12.2. The third kappa shape index (κ3) is 2.70. The van der Waals surface area contributed by atoms with Crippen molar-refractivity contribution in [1.82, 2.24) is 5.32 Å². The summed E-state index contributed by atoms with van der Waals surface area (Å²) in [5.41, 5.74) is 3.16. The second kappa shape index (κ2) is 5.25. The number of rotatable bonds is 3. The first kappa shape index (κ1) is 14.5. The van der Waals surface area contributed by atoms with Crippen molar-refractivity contribution >= 4 is 9.84 Å². The molecule has 1 aliphatic heterocycles. The summed E-state index contributed by atoms with van der Waals surface area (Å²) in [6.07, 6.45) is 1.05. The molecule has 0 bridgehead atoms. The summed E-state index contributed by atoms with van der Waals surface area (Å²) >= 11 is 0. The smallest absolute Gasteiger partial charge is 0.179 e. The molecule has 2 unspecified atom stereocenters. The lowest BCUT2D eigenvalue weighted by molar-refractivity contribution is 0.395. The van der Waals surface area contributed by atoms with Crippen molar-refractivity contribution in [3.63, 3.8) is 0 Å². The Morgan fingerprint density at radius 1 is 1.26 bits per heavy atom. The van der Waals surface area contributed by atoms with Gasteiger partial charge in [0.15, 0.2) is 9.84 Å². The number of fused-ring (bicyclic) bond motifs is 1. The van der Waals surface area contributed by atoms with Crippen LogP contribution in [0.2, 0.25) is 0 Å². The second-order valence-electron chi connectivity index (χ2n) is 5.66. The van der Waals surface area contributed by atoms with Crippen LogP contribution in [-0.4, -0.2) is 20.7 Å². The highest BCUT2D eigenvalue weighted by atomic mass is 32.2. The Morgan fingerprint density at radius 2 is 1.89 bits per heavy atom. The van der Waals surface area contributed by atoms with E-state index >= 15 is 0 Å². The van der Waals surface area contributed by atoms with Crippen LogP contribution >= 0.6 is 0 Å². The molecule has 0 amide bonds. The zero-order valence-corrected chi connectivity index (χ0v) is 13.0. The van der Waals surface area contributed by atoms with Gasteiger partial charge < -0.3 is 5.32 Å². The molecule has 3 nitrogen and oxygen atoms in total. The molecule has 0 fully saturated rings. The largest absolute Gasteiger partial charge is 0.310 e. The lowest BCUT2D eigenvalue weighted by Gasteiger charge is -2.32. The fraction of sp³-hybridized carbons (Fsp3) is 0.600. The number of benzene rings is 1. The molecule has 0 aliphatic carbocycles. The van der Waals surface area contributed by atoms with E-state index in [0.717, 1.165) is 29.7 Å². The van der Waals surface area contributed by atoms with Gasteiger partial charge in [0, 0.05) is 6.04 Å². The first-order chi connectivity index (χ1) is 8.86. The first-order valence-corrected chi connectivity index (χ1v) is 8.59. The maximum atomic E-state index is 12.3. The van der Waals surface area contributed by atoms with Gasteiger partial charge in [-0.3, -0.25) is 0 Å². The van der Waals surface area contributed by atoms with Gasteiger partial charge in [0.2, 0.25) is 0 Å². The van der Waals surface area contributed by atoms with Crippen LogP contribution in [0.15, 0.2) is 17.0 Å². The highest BCUT2D eigenvalue weighted by Gasteiger charge is 2.35. The van der Waals surface area contributed by atoms with Gasteiger partial charge in [0.05, 0.1) is 10.6 Å². The summed E-state index contributed by atoms with van der Waals surface area (Å²) in [6.45, 7) is 9.07. The summed E-state index contributed by atoms with van der Waals surface area (Å²) in [5.74, 6) is 0.357. The van der Waals surface area contributed by atoms with Crippen LogP contribution in [0.4, 0.5) is 0 Å². The Labute approximate surface area is 116 Å². The molecular formula is C15H23NO2S. The molecule has 0 spiro atoms. The highest BCUT2D eigenvalue weighted by Crippen LogP contribution is 2.37. The van der Waals surface area contributed by atoms with E-state index in [4.69, 9.17) is 0 Å². The van der Waals surface area contributed by atoms with E-state index in [2.05, 4.69) is 12.2 Å². The minimum Gasteiger partial charge on any atom is -0.310 e. The number of hydrogen-bond acceptors (Lipinski definition) is 3. The van der Waals surface area contributed by atoms with Gasteiger partial charge in [-0.25, -0.2) is 8.42 Å². The van der Waals surface area contributed by atoms with Crippen molar-refractivity contribution in [2.45, 2.75) is 45.1 Å². The van der Waals surface area contributed by atoms with E-state index in [0.29, 0.717) is 4.90 Å². The van der Waals surface area contributed by atoms with Gasteiger partial charge in [-0.2, -0.15) is 0 Å². The molecule has 1 aromatic rings. The van der Waals surface area contributed by atoms with Crippen molar-refractivity contribution in [2.75, 3.05) is 12.3 Å². The fourth-order valence-corrected chi connectivity index (χ4v) is 4.74. The third-order valence-corrected chi connectivity index (χ3v) is 5.95. The molecule has 0 aromatic heterocycles. The Bertz CT molecular complexity index is 578. The van der Waals surface area contributed by atoms with E-state index in [1.54, 1.807) is 0 Å².